The van der Waals surface area contributed by atoms with Crippen molar-refractivity contribution in [1.29, 1.82) is 0 Å². The SMILES string of the molecule is C[C@]12CC[C@@H]3c4c(cc(O)c(CCCCC(=O)O)c4CCCCC(=O)O)CC[C@H]3[C@@]13C=C[C@@]2(O)CC3. The van der Waals surface area contributed by atoms with E-state index in [4.69, 9.17) is 10.2 Å². The molecule has 0 saturated heterocycles. The minimum Gasteiger partial charge on any atom is -0.508 e. The summed E-state index contributed by atoms with van der Waals surface area (Å²) in [6.07, 6.45) is 14.5. The van der Waals surface area contributed by atoms with Crippen LogP contribution in [-0.4, -0.2) is 38.0 Å². The number of carboxylic acids is 2. The number of phenolic OH excluding ortho intramolecular Hbond substituents is 1. The number of aryl methyl sites for hydroxylation is 1. The molecule has 6 nitrogen and oxygen atoms in total. The van der Waals surface area contributed by atoms with E-state index in [2.05, 4.69) is 19.1 Å². The van der Waals surface area contributed by atoms with Crippen LogP contribution in [0.2, 0.25) is 0 Å². The summed E-state index contributed by atoms with van der Waals surface area (Å²) in [6.45, 7) is 2.29. The molecule has 5 rings (SSSR count). The minimum atomic E-state index is -0.799. The van der Waals surface area contributed by atoms with Gasteiger partial charge in [0.15, 0.2) is 0 Å². The number of allylic oxidation sites excluding steroid dienone is 1. The molecule has 0 radical (unpaired) electrons. The van der Waals surface area contributed by atoms with Gasteiger partial charge >= 0.3 is 11.9 Å². The maximum Gasteiger partial charge on any atom is 0.303 e. The molecule has 4 N–H and O–H groups in total. The molecular weight excluding hydrogens is 456 g/mol. The lowest BCUT2D eigenvalue weighted by atomic mass is 9.47. The highest BCUT2D eigenvalue weighted by Crippen LogP contribution is 2.75. The second-order valence-corrected chi connectivity index (χ2v) is 12.0. The van der Waals surface area contributed by atoms with E-state index < -0.39 is 17.5 Å². The second-order valence-electron chi connectivity index (χ2n) is 12.0. The zero-order chi connectivity index (χ0) is 25.7. The summed E-state index contributed by atoms with van der Waals surface area (Å²) < 4.78 is 0. The fourth-order valence-corrected chi connectivity index (χ4v) is 8.69. The summed E-state index contributed by atoms with van der Waals surface area (Å²) in [4.78, 5) is 22.1. The lowest BCUT2D eigenvalue weighted by molar-refractivity contribution is -0.138. The first-order chi connectivity index (χ1) is 17.1. The molecule has 0 amide bonds. The number of carboxylic acid groups (broad SMARTS) is 2. The van der Waals surface area contributed by atoms with Crippen molar-refractivity contribution in [2.75, 3.05) is 0 Å². The molecule has 0 spiro atoms. The van der Waals surface area contributed by atoms with E-state index in [1.807, 2.05) is 6.07 Å². The summed E-state index contributed by atoms with van der Waals surface area (Å²) in [5.74, 6) is -0.439. The summed E-state index contributed by atoms with van der Waals surface area (Å²) in [7, 11) is 0. The van der Waals surface area contributed by atoms with Crippen LogP contribution in [0.1, 0.15) is 106 Å². The first-order valence-electron chi connectivity index (χ1n) is 13.8. The van der Waals surface area contributed by atoms with Gasteiger partial charge in [-0.2, -0.15) is 0 Å². The van der Waals surface area contributed by atoms with Gasteiger partial charge < -0.3 is 20.4 Å². The van der Waals surface area contributed by atoms with Crippen LogP contribution in [-0.2, 0) is 28.9 Å². The number of aromatic hydroxyl groups is 1. The van der Waals surface area contributed by atoms with Crippen molar-refractivity contribution in [1.82, 2.24) is 0 Å². The molecule has 0 aromatic heterocycles. The van der Waals surface area contributed by atoms with Crippen molar-refractivity contribution in [2.45, 2.75) is 108 Å². The molecule has 0 unspecified atom stereocenters. The number of aliphatic carboxylic acids is 2. The smallest absolute Gasteiger partial charge is 0.303 e. The van der Waals surface area contributed by atoms with E-state index in [0.29, 0.717) is 43.3 Å². The Kier molecular flexibility index (Phi) is 6.47. The maximum atomic E-state index is 11.4. The largest absolute Gasteiger partial charge is 0.508 e. The first-order valence-corrected chi connectivity index (χ1v) is 13.8. The molecule has 6 heteroatoms. The van der Waals surface area contributed by atoms with E-state index in [1.165, 1.54) is 16.7 Å². The molecule has 1 aromatic carbocycles. The quantitative estimate of drug-likeness (QED) is 0.251. The highest BCUT2D eigenvalue weighted by molar-refractivity contribution is 5.67. The molecule has 2 bridgehead atoms. The Morgan fingerprint density at radius 2 is 1.58 bits per heavy atom. The standard InChI is InChI=1S/C30H40O6/c1-28-13-12-22-23(29(28)14-16-30(28,36)17-15-29)11-10-19-18-24(31)20(6-2-4-8-25(32)33)21(27(19)22)7-3-5-9-26(34)35/h14,16,18,22-23,31,36H,2-13,15,17H2,1H3,(H,32,33)(H,34,35)/t22-,23+,28-,29-,30+/m0/s1. The Morgan fingerprint density at radius 1 is 0.917 bits per heavy atom. The van der Waals surface area contributed by atoms with E-state index in [0.717, 1.165) is 56.9 Å². The van der Waals surface area contributed by atoms with Gasteiger partial charge in [-0.25, -0.2) is 0 Å². The van der Waals surface area contributed by atoms with Crippen molar-refractivity contribution >= 4 is 11.9 Å². The number of unbranched alkanes of at least 4 members (excludes halogenated alkanes) is 2. The molecule has 36 heavy (non-hydrogen) atoms. The molecule has 5 atom stereocenters. The number of benzene rings is 1. The van der Waals surface area contributed by atoms with Gasteiger partial charge in [0.2, 0.25) is 0 Å². The second kappa shape index (κ2) is 9.20. The van der Waals surface area contributed by atoms with Crippen LogP contribution in [0, 0.1) is 16.7 Å². The average molecular weight is 497 g/mol. The van der Waals surface area contributed by atoms with Crippen LogP contribution >= 0.6 is 0 Å². The van der Waals surface area contributed by atoms with Crippen LogP contribution in [0.4, 0.5) is 0 Å². The van der Waals surface area contributed by atoms with Crippen LogP contribution in [0.3, 0.4) is 0 Å². The monoisotopic (exact) mass is 496 g/mol. The Labute approximate surface area is 213 Å². The van der Waals surface area contributed by atoms with Crippen molar-refractivity contribution in [3.63, 3.8) is 0 Å². The van der Waals surface area contributed by atoms with E-state index in [9.17, 15) is 19.8 Å². The van der Waals surface area contributed by atoms with Crippen LogP contribution in [0.5, 0.6) is 5.75 Å². The Morgan fingerprint density at radius 3 is 2.19 bits per heavy atom. The van der Waals surface area contributed by atoms with Gasteiger partial charge in [0.05, 0.1) is 5.60 Å². The fourth-order valence-electron chi connectivity index (χ4n) is 8.69. The van der Waals surface area contributed by atoms with Crippen molar-refractivity contribution in [3.8, 4) is 5.75 Å². The third kappa shape index (κ3) is 3.79. The zero-order valence-corrected chi connectivity index (χ0v) is 21.4. The van der Waals surface area contributed by atoms with Gasteiger partial charge in [-0.1, -0.05) is 19.1 Å². The van der Waals surface area contributed by atoms with E-state index in [-0.39, 0.29) is 23.7 Å². The molecule has 4 aliphatic rings. The number of phenols is 1. The van der Waals surface area contributed by atoms with E-state index >= 15 is 0 Å². The van der Waals surface area contributed by atoms with Crippen LogP contribution < -0.4 is 0 Å². The molecule has 0 heterocycles. The van der Waals surface area contributed by atoms with E-state index in [1.54, 1.807) is 0 Å². The Balaban J connectivity index is 1.50. The maximum absolute atomic E-state index is 11.4. The summed E-state index contributed by atoms with van der Waals surface area (Å²) >= 11 is 0. The number of aliphatic hydroxyl groups is 1. The molecule has 2 saturated carbocycles. The molecule has 196 valence electrons. The first kappa shape index (κ1) is 25.3. The zero-order valence-electron chi connectivity index (χ0n) is 21.4. The number of fused-ring (bicyclic) bond motifs is 3. The van der Waals surface area contributed by atoms with Crippen LogP contribution in [0.25, 0.3) is 0 Å². The Bertz CT molecular complexity index is 1090. The van der Waals surface area contributed by atoms with Crippen molar-refractivity contribution < 1.29 is 30.0 Å². The highest BCUT2D eigenvalue weighted by atomic mass is 16.4. The summed E-state index contributed by atoms with van der Waals surface area (Å²) in [5.41, 5.74) is 3.94. The minimum absolute atomic E-state index is 0.0163. The normalized spacial score (nSPS) is 33.7. The summed E-state index contributed by atoms with van der Waals surface area (Å²) in [5, 5.41) is 40.7. The predicted molar refractivity (Wildman–Crippen MR) is 136 cm³/mol. The number of rotatable bonds is 10. The van der Waals surface area contributed by atoms with Gasteiger partial charge in [0.25, 0.3) is 0 Å². The highest BCUT2D eigenvalue weighted by Gasteiger charge is 2.71. The molecule has 1 aromatic rings. The number of hydrogen-bond donors (Lipinski definition) is 4. The van der Waals surface area contributed by atoms with Gasteiger partial charge in [-0.05, 0) is 117 Å². The number of hydrogen-bond acceptors (Lipinski definition) is 4. The predicted octanol–water partition coefficient (Wildman–Crippen LogP) is 5.51. The van der Waals surface area contributed by atoms with Gasteiger partial charge in [0.1, 0.15) is 5.75 Å². The Hall–Kier alpha value is -2.34. The fraction of sp³-hybridized carbons (Fsp3) is 0.667. The number of carbonyl (C=O) groups is 2. The third-order valence-corrected chi connectivity index (χ3v) is 10.5. The molecule has 0 aliphatic heterocycles. The van der Waals surface area contributed by atoms with Gasteiger partial charge in [-0.15, -0.1) is 0 Å². The molecule has 2 fully saturated rings. The molecular formula is C30H40O6. The van der Waals surface area contributed by atoms with Crippen LogP contribution in [0.15, 0.2) is 18.2 Å². The van der Waals surface area contributed by atoms with Gasteiger partial charge in [-0.3, -0.25) is 9.59 Å². The van der Waals surface area contributed by atoms with Crippen molar-refractivity contribution in [2.24, 2.45) is 16.7 Å². The lowest BCUT2D eigenvalue weighted by Gasteiger charge is -2.56. The average Bonchev–Trinajstić information content (AvgIpc) is 3.20. The summed E-state index contributed by atoms with van der Waals surface area (Å²) in [6, 6.07) is 1.96. The van der Waals surface area contributed by atoms with Gasteiger partial charge in [0, 0.05) is 23.7 Å². The molecule has 4 aliphatic carbocycles. The third-order valence-electron chi connectivity index (χ3n) is 10.5. The lowest BCUT2D eigenvalue weighted by Crippen LogP contribution is -2.52. The van der Waals surface area contributed by atoms with Crippen molar-refractivity contribution in [3.05, 3.63) is 40.5 Å². The topological polar surface area (TPSA) is 115 Å².